The van der Waals surface area contributed by atoms with E-state index in [1.54, 1.807) is 19.2 Å². The number of benzene rings is 2. The van der Waals surface area contributed by atoms with Crippen LogP contribution in [-0.4, -0.2) is 60.8 Å². The van der Waals surface area contributed by atoms with Crippen LogP contribution in [0.15, 0.2) is 53.5 Å². The Morgan fingerprint density at radius 3 is 2.48 bits per heavy atom. The van der Waals surface area contributed by atoms with Crippen LogP contribution < -0.4 is 4.74 Å². The van der Waals surface area contributed by atoms with Gasteiger partial charge in [0.15, 0.2) is 15.0 Å². The van der Waals surface area contributed by atoms with E-state index in [4.69, 9.17) is 16.3 Å². The third-order valence-corrected chi connectivity index (χ3v) is 8.96. The minimum atomic E-state index is -3.07. The highest BCUT2D eigenvalue weighted by Gasteiger charge is 2.48. The largest absolute Gasteiger partial charge is 0.497 e. The molecule has 4 rings (SSSR count). The Balaban J connectivity index is 1.49. The van der Waals surface area contributed by atoms with E-state index in [0.29, 0.717) is 16.7 Å². The third-order valence-electron chi connectivity index (χ3n) is 5.46. The van der Waals surface area contributed by atoms with Crippen molar-refractivity contribution in [1.82, 2.24) is 4.90 Å². The number of aliphatic imine (C=N–C) groups is 1. The zero-order valence-electron chi connectivity index (χ0n) is 17.0. The Kier molecular flexibility index (Phi) is 6.60. The number of ether oxygens (including phenoxy) is 1. The molecule has 0 aliphatic carbocycles. The van der Waals surface area contributed by atoms with Crippen molar-refractivity contribution in [2.24, 2.45) is 4.99 Å². The van der Waals surface area contributed by atoms with Crippen LogP contribution in [0.2, 0.25) is 5.02 Å². The second-order valence-corrected chi connectivity index (χ2v) is 11.5. The molecule has 0 radical (unpaired) electrons. The summed E-state index contributed by atoms with van der Waals surface area (Å²) in [5.74, 6) is 0.781. The standard InChI is InChI=1S/C22H23ClN2O4S2/c1-29-18-8-4-15(5-9-18)10-11-25-19-13-31(27,28)14-20(19)30-22(25)24-21(26)12-16-2-6-17(23)7-3-16/h2-9,19-20H,10-14H2,1H3. The fraction of sp³-hybridized carbons (Fsp3) is 0.364. The smallest absolute Gasteiger partial charge is 0.252 e. The van der Waals surface area contributed by atoms with Crippen molar-refractivity contribution in [2.75, 3.05) is 25.2 Å². The van der Waals surface area contributed by atoms with Crippen LogP contribution in [0.4, 0.5) is 0 Å². The van der Waals surface area contributed by atoms with Gasteiger partial charge in [0, 0.05) is 16.8 Å². The molecule has 0 N–H and O–H groups in total. The molecule has 2 fully saturated rings. The van der Waals surface area contributed by atoms with Crippen molar-refractivity contribution >= 4 is 44.3 Å². The number of sulfone groups is 1. The number of amides is 1. The Labute approximate surface area is 191 Å². The third kappa shape index (κ3) is 5.42. The van der Waals surface area contributed by atoms with Gasteiger partial charge in [0.1, 0.15) is 5.75 Å². The molecule has 0 saturated carbocycles. The molecular formula is C22H23ClN2O4S2. The number of carbonyl (C=O) groups excluding carboxylic acids is 1. The lowest BCUT2D eigenvalue weighted by atomic mass is 10.1. The van der Waals surface area contributed by atoms with Crippen molar-refractivity contribution < 1.29 is 17.9 Å². The fourth-order valence-electron chi connectivity index (χ4n) is 3.86. The lowest BCUT2D eigenvalue weighted by Gasteiger charge is -2.24. The van der Waals surface area contributed by atoms with Crippen LogP contribution in [0.1, 0.15) is 11.1 Å². The number of hydrogen-bond donors (Lipinski definition) is 0. The van der Waals surface area contributed by atoms with E-state index < -0.39 is 9.84 Å². The highest BCUT2D eigenvalue weighted by atomic mass is 35.5. The first kappa shape index (κ1) is 22.2. The maximum Gasteiger partial charge on any atom is 0.252 e. The molecule has 9 heteroatoms. The SMILES string of the molecule is COc1ccc(CCN2C(=NC(=O)Cc3ccc(Cl)cc3)SC3CS(=O)(=O)CC32)cc1. The molecule has 2 aromatic rings. The minimum Gasteiger partial charge on any atom is -0.497 e. The van der Waals surface area contributed by atoms with E-state index in [1.165, 1.54) is 11.8 Å². The number of amidine groups is 1. The van der Waals surface area contributed by atoms with E-state index in [1.807, 2.05) is 41.3 Å². The first-order chi connectivity index (χ1) is 14.8. The highest BCUT2D eigenvalue weighted by molar-refractivity contribution is 8.15. The van der Waals surface area contributed by atoms with Crippen LogP contribution in [0.5, 0.6) is 5.75 Å². The number of rotatable bonds is 6. The van der Waals surface area contributed by atoms with Gasteiger partial charge in [-0.15, -0.1) is 0 Å². The van der Waals surface area contributed by atoms with E-state index >= 15 is 0 Å². The van der Waals surface area contributed by atoms with Crippen molar-refractivity contribution in [3.05, 3.63) is 64.7 Å². The molecule has 2 aromatic carbocycles. The average molecular weight is 479 g/mol. The van der Waals surface area contributed by atoms with Crippen LogP contribution in [0.3, 0.4) is 0 Å². The number of halogens is 1. The summed E-state index contributed by atoms with van der Waals surface area (Å²) in [5, 5.41) is 1.16. The number of fused-ring (bicyclic) bond motifs is 1. The molecule has 1 amide bonds. The monoisotopic (exact) mass is 478 g/mol. The molecule has 0 bridgehead atoms. The second kappa shape index (κ2) is 9.22. The summed E-state index contributed by atoms with van der Waals surface area (Å²) in [6, 6.07) is 14.8. The molecule has 31 heavy (non-hydrogen) atoms. The molecule has 2 aliphatic rings. The Hall–Kier alpha value is -2.03. The second-order valence-electron chi connectivity index (χ2n) is 7.68. The van der Waals surface area contributed by atoms with Crippen molar-refractivity contribution in [2.45, 2.75) is 24.1 Å². The van der Waals surface area contributed by atoms with E-state index in [0.717, 1.165) is 23.3 Å². The molecule has 0 spiro atoms. The van der Waals surface area contributed by atoms with Crippen LogP contribution in [-0.2, 0) is 27.5 Å². The van der Waals surface area contributed by atoms with Crippen LogP contribution in [0, 0.1) is 0 Å². The lowest BCUT2D eigenvalue weighted by molar-refractivity contribution is -0.117. The van der Waals surface area contributed by atoms with Gasteiger partial charge in [0.25, 0.3) is 5.91 Å². The topological polar surface area (TPSA) is 76.0 Å². The minimum absolute atomic E-state index is 0.0806. The van der Waals surface area contributed by atoms with Gasteiger partial charge >= 0.3 is 0 Å². The highest BCUT2D eigenvalue weighted by Crippen LogP contribution is 2.38. The molecule has 2 aliphatic heterocycles. The van der Waals surface area contributed by atoms with Gasteiger partial charge in [0.05, 0.1) is 31.1 Å². The van der Waals surface area contributed by atoms with Gasteiger partial charge in [-0.3, -0.25) is 4.79 Å². The molecule has 0 aromatic heterocycles. The van der Waals surface area contributed by atoms with Gasteiger partial charge in [-0.25, -0.2) is 8.42 Å². The zero-order valence-corrected chi connectivity index (χ0v) is 19.4. The van der Waals surface area contributed by atoms with Crippen molar-refractivity contribution in [1.29, 1.82) is 0 Å². The molecule has 164 valence electrons. The molecular weight excluding hydrogens is 456 g/mol. The summed E-state index contributed by atoms with van der Waals surface area (Å²) >= 11 is 7.32. The normalized spacial score (nSPS) is 23.2. The first-order valence-corrected chi connectivity index (χ1v) is 13.0. The van der Waals surface area contributed by atoms with Gasteiger partial charge in [-0.1, -0.05) is 47.6 Å². The van der Waals surface area contributed by atoms with Crippen molar-refractivity contribution in [3.63, 3.8) is 0 Å². The van der Waals surface area contributed by atoms with Crippen LogP contribution >= 0.6 is 23.4 Å². The van der Waals surface area contributed by atoms with E-state index in [9.17, 15) is 13.2 Å². The fourth-order valence-corrected chi connectivity index (χ4v) is 7.98. The average Bonchev–Trinajstić information content (AvgIpc) is 3.19. The summed E-state index contributed by atoms with van der Waals surface area (Å²) in [7, 11) is -1.44. The molecule has 2 saturated heterocycles. The predicted octanol–water partition coefficient (Wildman–Crippen LogP) is 3.23. The Bertz CT molecular complexity index is 1090. The zero-order chi connectivity index (χ0) is 22.0. The maximum absolute atomic E-state index is 12.6. The van der Waals surface area contributed by atoms with Gasteiger partial charge < -0.3 is 9.64 Å². The molecule has 2 unspecified atom stereocenters. The molecule has 2 atom stereocenters. The van der Waals surface area contributed by atoms with E-state index in [2.05, 4.69) is 4.99 Å². The number of thioether (sulfide) groups is 1. The number of methoxy groups -OCH3 is 1. The summed E-state index contributed by atoms with van der Waals surface area (Å²) < 4.78 is 29.5. The number of hydrogen-bond acceptors (Lipinski definition) is 5. The van der Waals surface area contributed by atoms with Crippen molar-refractivity contribution in [3.8, 4) is 5.75 Å². The summed E-state index contributed by atoms with van der Waals surface area (Å²) in [6.45, 7) is 0.600. The van der Waals surface area contributed by atoms with Gasteiger partial charge in [0.2, 0.25) is 0 Å². The molecule has 2 heterocycles. The Morgan fingerprint density at radius 1 is 1.13 bits per heavy atom. The Morgan fingerprint density at radius 2 is 1.81 bits per heavy atom. The maximum atomic E-state index is 12.6. The summed E-state index contributed by atoms with van der Waals surface area (Å²) in [4.78, 5) is 19.0. The number of nitrogens with zero attached hydrogens (tertiary/aromatic N) is 2. The first-order valence-electron chi connectivity index (χ1n) is 9.95. The predicted molar refractivity (Wildman–Crippen MR) is 125 cm³/mol. The van der Waals surface area contributed by atoms with Gasteiger partial charge in [-0.2, -0.15) is 4.99 Å². The van der Waals surface area contributed by atoms with E-state index in [-0.39, 0.29) is 35.1 Å². The van der Waals surface area contributed by atoms with Gasteiger partial charge in [-0.05, 0) is 41.8 Å². The van der Waals surface area contributed by atoms with Crippen LogP contribution in [0.25, 0.3) is 0 Å². The lowest BCUT2D eigenvalue weighted by Crippen LogP contribution is -2.39. The summed E-state index contributed by atoms with van der Waals surface area (Å²) in [5.41, 5.74) is 1.95. The number of carbonyl (C=O) groups is 1. The summed E-state index contributed by atoms with van der Waals surface area (Å²) in [6.07, 6.45) is 0.902. The quantitative estimate of drug-likeness (QED) is 0.634. The molecule has 6 nitrogen and oxygen atoms in total.